The highest BCUT2D eigenvalue weighted by molar-refractivity contribution is 6.01. The molecule has 1 atom stereocenters. The molecule has 0 bridgehead atoms. The lowest BCUT2D eigenvalue weighted by Crippen LogP contribution is -2.59. The second-order valence-electron chi connectivity index (χ2n) is 4.81. The summed E-state index contributed by atoms with van der Waals surface area (Å²) in [7, 11) is 0. The van der Waals surface area contributed by atoms with Crippen LogP contribution in [-0.4, -0.2) is 46.9 Å². The zero-order chi connectivity index (χ0) is 15.0. The molecule has 1 aromatic heterocycles. The summed E-state index contributed by atoms with van der Waals surface area (Å²) in [5, 5.41) is 11.6. The number of piperazine rings is 1. The van der Waals surface area contributed by atoms with Gasteiger partial charge in [0.15, 0.2) is 0 Å². The van der Waals surface area contributed by atoms with Crippen LogP contribution in [0.15, 0.2) is 4.42 Å². The first kappa shape index (κ1) is 14.1. The standard InChI is InChI=1S/C13H16N2O5/c1-6-7(2)20-8(3)11(6)12(17)15-5-10(16)14-4-9(15)13(18)19/h9H,4-5H2,1-3H3,(H,14,16)(H,18,19). The third-order valence-corrected chi connectivity index (χ3v) is 3.50. The average molecular weight is 280 g/mol. The number of nitrogens with zero attached hydrogens (tertiary/aromatic N) is 1. The molecule has 2 amide bonds. The molecule has 1 aliphatic heterocycles. The average Bonchev–Trinajstić information content (AvgIpc) is 2.62. The van der Waals surface area contributed by atoms with Gasteiger partial charge in [0.2, 0.25) is 5.91 Å². The van der Waals surface area contributed by atoms with Gasteiger partial charge in [-0.1, -0.05) is 0 Å². The van der Waals surface area contributed by atoms with E-state index in [1.54, 1.807) is 20.8 Å². The van der Waals surface area contributed by atoms with E-state index in [-0.39, 0.29) is 19.0 Å². The number of carboxylic acids is 1. The first-order chi connectivity index (χ1) is 9.32. The van der Waals surface area contributed by atoms with Crippen LogP contribution >= 0.6 is 0 Å². The summed E-state index contributed by atoms with van der Waals surface area (Å²) in [5.41, 5.74) is 1.01. The fourth-order valence-electron chi connectivity index (χ4n) is 2.33. The largest absolute Gasteiger partial charge is 0.480 e. The molecule has 0 spiro atoms. The minimum atomic E-state index is -1.14. The lowest BCUT2D eigenvalue weighted by Gasteiger charge is -2.32. The molecule has 0 aromatic carbocycles. The van der Waals surface area contributed by atoms with Gasteiger partial charge in [-0.2, -0.15) is 0 Å². The number of furan rings is 1. The van der Waals surface area contributed by atoms with Crippen LogP contribution in [0.4, 0.5) is 0 Å². The van der Waals surface area contributed by atoms with Gasteiger partial charge in [-0.25, -0.2) is 4.79 Å². The van der Waals surface area contributed by atoms with E-state index in [4.69, 9.17) is 9.52 Å². The van der Waals surface area contributed by atoms with Crippen LogP contribution in [0.1, 0.15) is 27.4 Å². The van der Waals surface area contributed by atoms with Crippen molar-refractivity contribution in [2.24, 2.45) is 0 Å². The van der Waals surface area contributed by atoms with Gasteiger partial charge < -0.3 is 19.7 Å². The minimum absolute atomic E-state index is 0.0885. The van der Waals surface area contributed by atoms with Crippen molar-refractivity contribution in [3.63, 3.8) is 0 Å². The quantitative estimate of drug-likeness (QED) is 0.807. The number of aryl methyl sites for hydroxylation is 2. The molecule has 2 heterocycles. The number of carbonyl (C=O) groups is 3. The molecule has 2 rings (SSSR count). The number of nitrogens with one attached hydrogen (secondary N) is 1. The summed E-state index contributed by atoms with van der Waals surface area (Å²) in [4.78, 5) is 36.3. The lowest BCUT2D eigenvalue weighted by atomic mass is 10.1. The molecule has 7 nitrogen and oxygen atoms in total. The van der Waals surface area contributed by atoms with Crippen LogP contribution in [0.5, 0.6) is 0 Å². The zero-order valence-corrected chi connectivity index (χ0v) is 11.5. The SMILES string of the molecule is Cc1oc(C)c(C(=O)N2CC(=O)NCC2C(=O)O)c1C. The molecule has 1 aromatic rings. The molecule has 1 unspecified atom stereocenters. The number of carboxylic acid groups (broad SMARTS) is 1. The fraction of sp³-hybridized carbons (Fsp3) is 0.462. The first-order valence-electron chi connectivity index (χ1n) is 6.20. The Morgan fingerprint density at radius 3 is 2.45 bits per heavy atom. The van der Waals surface area contributed by atoms with Gasteiger partial charge in [0.05, 0.1) is 5.56 Å². The maximum absolute atomic E-state index is 12.5. The van der Waals surface area contributed by atoms with Crippen molar-refractivity contribution in [2.75, 3.05) is 13.1 Å². The molecule has 1 saturated heterocycles. The maximum Gasteiger partial charge on any atom is 0.328 e. The molecule has 0 aliphatic carbocycles. The molecular formula is C13H16N2O5. The van der Waals surface area contributed by atoms with E-state index in [0.717, 1.165) is 4.90 Å². The van der Waals surface area contributed by atoms with E-state index in [0.29, 0.717) is 22.6 Å². The Morgan fingerprint density at radius 2 is 1.95 bits per heavy atom. The van der Waals surface area contributed by atoms with E-state index < -0.39 is 17.9 Å². The van der Waals surface area contributed by atoms with Crippen molar-refractivity contribution in [1.29, 1.82) is 0 Å². The molecule has 0 saturated carbocycles. The van der Waals surface area contributed by atoms with Gasteiger partial charge in [-0.3, -0.25) is 9.59 Å². The number of carbonyl (C=O) groups excluding carboxylic acids is 2. The minimum Gasteiger partial charge on any atom is -0.480 e. The van der Waals surface area contributed by atoms with Gasteiger partial charge in [-0.05, 0) is 20.8 Å². The third-order valence-electron chi connectivity index (χ3n) is 3.50. The van der Waals surface area contributed by atoms with Crippen molar-refractivity contribution in [2.45, 2.75) is 26.8 Å². The first-order valence-corrected chi connectivity index (χ1v) is 6.20. The van der Waals surface area contributed by atoms with Crippen molar-refractivity contribution in [3.8, 4) is 0 Å². The number of hydrogen-bond acceptors (Lipinski definition) is 4. The molecule has 1 aliphatic rings. The highest BCUT2D eigenvalue weighted by Crippen LogP contribution is 2.23. The molecule has 20 heavy (non-hydrogen) atoms. The van der Waals surface area contributed by atoms with E-state index in [1.807, 2.05) is 0 Å². The lowest BCUT2D eigenvalue weighted by molar-refractivity contribution is -0.144. The second kappa shape index (κ2) is 4.99. The number of aliphatic carboxylic acids is 1. The van der Waals surface area contributed by atoms with E-state index in [9.17, 15) is 14.4 Å². The summed E-state index contributed by atoms with van der Waals surface area (Å²) < 4.78 is 5.38. The molecular weight excluding hydrogens is 264 g/mol. The predicted octanol–water partition coefficient (Wildman–Crippen LogP) is 0.230. The Labute approximate surface area is 115 Å². The smallest absolute Gasteiger partial charge is 0.328 e. The van der Waals surface area contributed by atoms with E-state index in [2.05, 4.69) is 5.32 Å². The van der Waals surface area contributed by atoms with Gasteiger partial charge >= 0.3 is 5.97 Å². The Morgan fingerprint density at radius 1 is 1.30 bits per heavy atom. The Hall–Kier alpha value is -2.31. The number of rotatable bonds is 2. The Kier molecular flexibility index (Phi) is 3.52. The molecule has 1 fully saturated rings. The van der Waals surface area contributed by atoms with Gasteiger partial charge in [-0.15, -0.1) is 0 Å². The predicted molar refractivity (Wildman–Crippen MR) is 68.4 cm³/mol. The third kappa shape index (κ3) is 2.26. The highest BCUT2D eigenvalue weighted by atomic mass is 16.4. The Balaban J connectivity index is 2.38. The van der Waals surface area contributed by atoms with Gasteiger partial charge in [0.1, 0.15) is 24.1 Å². The van der Waals surface area contributed by atoms with E-state index >= 15 is 0 Å². The van der Waals surface area contributed by atoms with Crippen molar-refractivity contribution in [1.82, 2.24) is 10.2 Å². The van der Waals surface area contributed by atoms with Gasteiger partial charge in [0, 0.05) is 12.1 Å². The van der Waals surface area contributed by atoms with Crippen molar-refractivity contribution < 1.29 is 23.9 Å². The Bertz CT molecular complexity index is 590. The number of amides is 2. The van der Waals surface area contributed by atoms with E-state index in [1.165, 1.54) is 0 Å². The van der Waals surface area contributed by atoms with Crippen LogP contribution in [0.2, 0.25) is 0 Å². The van der Waals surface area contributed by atoms with Crippen LogP contribution in [0, 0.1) is 20.8 Å². The van der Waals surface area contributed by atoms with Crippen LogP contribution in [0.25, 0.3) is 0 Å². The van der Waals surface area contributed by atoms with Crippen molar-refractivity contribution in [3.05, 3.63) is 22.6 Å². The molecule has 7 heteroatoms. The maximum atomic E-state index is 12.5. The summed E-state index contributed by atoms with van der Waals surface area (Å²) in [6.07, 6.45) is 0. The molecule has 0 radical (unpaired) electrons. The summed E-state index contributed by atoms with van der Waals surface area (Å²) in [5.74, 6) is -0.960. The van der Waals surface area contributed by atoms with Crippen LogP contribution < -0.4 is 5.32 Å². The zero-order valence-electron chi connectivity index (χ0n) is 11.5. The van der Waals surface area contributed by atoms with Gasteiger partial charge in [0.25, 0.3) is 5.91 Å². The summed E-state index contributed by atoms with van der Waals surface area (Å²) in [6, 6.07) is -1.06. The monoisotopic (exact) mass is 280 g/mol. The van der Waals surface area contributed by atoms with Crippen LogP contribution in [0.3, 0.4) is 0 Å². The molecule has 2 N–H and O–H groups in total. The van der Waals surface area contributed by atoms with Crippen LogP contribution in [-0.2, 0) is 9.59 Å². The fourth-order valence-corrected chi connectivity index (χ4v) is 2.33. The second-order valence-corrected chi connectivity index (χ2v) is 4.81. The summed E-state index contributed by atoms with van der Waals surface area (Å²) >= 11 is 0. The number of hydrogen-bond donors (Lipinski definition) is 2. The topological polar surface area (TPSA) is 99.9 Å². The summed E-state index contributed by atoms with van der Waals surface area (Å²) in [6.45, 7) is 4.76. The normalized spacial score (nSPS) is 18.9. The van der Waals surface area contributed by atoms with Crippen molar-refractivity contribution >= 4 is 17.8 Å². The highest BCUT2D eigenvalue weighted by Gasteiger charge is 2.37. The molecule has 108 valence electrons.